The number of amidine groups is 1. The van der Waals surface area contributed by atoms with Gasteiger partial charge in [-0.1, -0.05) is 50.1 Å². The van der Waals surface area contributed by atoms with E-state index in [-0.39, 0.29) is 5.41 Å². The summed E-state index contributed by atoms with van der Waals surface area (Å²) in [5.41, 5.74) is 8.11. The molecule has 0 bridgehead atoms. The van der Waals surface area contributed by atoms with Gasteiger partial charge in [0.1, 0.15) is 0 Å². The Hall–Kier alpha value is -1.35. The van der Waals surface area contributed by atoms with Crippen molar-refractivity contribution < 1.29 is 0 Å². The minimum atomic E-state index is -0.157. The predicted octanol–water partition coefficient (Wildman–Crippen LogP) is 3.56. The van der Waals surface area contributed by atoms with Crippen LogP contribution in [0.25, 0.3) is 0 Å². The van der Waals surface area contributed by atoms with Crippen LogP contribution in [0.2, 0.25) is 0 Å². The maximum atomic E-state index is 7.55. The Balaban J connectivity index is 2.25. The number of benzene rings is 1. The van der Waals surface area contributed by atoms with Crippen LogP contribution in [-0.4, -0.2) is 24.3 Å². The zero-order valence-corrected chi connectivity index (χ0v) is 13.4. The highest BCUT2D eigenvalue weighted by Gasteiger charge is 2.20. The Morgan fingerprint density at radius 1 is 1.20 bits per heavy atom. The molecule has 0 aliphatic heterocycles. The van der Waals surface area contributed by atoms with Crippen LogP contribution in [0.1, 0.15) is 44.2 Å². The third-order valence-corrected chi connectivity index (χ3v) is 3.89. The van der Waals surface area contributed by atoms with Gasteiger partial charge >= 0.3 is 0 Å². The smallest absolute Gasteiger partial charge is 0.0963 e. The number of nitrogens with two attached hydrogens (primary N) is 1. The van der Waals surface area contributed by atoms with Crippen LogP contribution < -0.4 is 5.73 Å². The normalized spacial score (nSPS) is 11.8. The molecule has 0 amide bonds. The highest BCUT2D eigenvalue weighted by molar-refractivity contribution is 5.82. The van der Waals surface area contributed by atoms with Crippen molar-refractivity contribution in [3.8, 4) is 0 Å². The first-order valence-electron chi connectivity index (χ1n) is 7.40. The number of hydrogen-bond donors (Lipinski definition) is 2. The fourth-order valence-corrected chi connectivity index (χ4v) is 2.17. The zero-order chi connectivity index (χ0) is 15.2. The van der Waals surface area contributed by atoms with Gasteiger partial charge in [0.05, 0.1) is 5.84 Å². The summed E-state index contributed by atoms with van der Waals surface area (Å²) in [6.45, 7) is 8.29. The van der Waals surface area contributed by atoms with E-state index in [1.807, 2.05) is 13.8 Å². The predicted molar refractivity (Wildman–Crippen MR) is 87.1 cm³/mol. The number of hydrogen-bond acceptors (Lipinski definition) is 2. The van der Waals surface area contributed by atoms with E-state index in [1.54, 1.807) is 0 Å². The highest BCUT2D eigenvalue weighted by atomic mass is 15.1. The average molecular weight is 275 g/mol. The third-order valence-electron chi connectivity index (χ3n) is 3.89. The lowest BCUT2D eigenvalue weighted by Gasteiger charge is -2.23. The lowest BCUT2D eigenvalue weighted by atomic mass is 9.86. The molecule has 0 aliphatic rings. The second-order valence-electron chi connectivity index (χ2n) is 6.48. The lowest BCUT2D eigenvalue weighted by Crippen LogP contribution is -2.31. The number of nitrogens with zero attached hydrogens (tertiary/aromatic N) is 1. The summed E-state index contributed by atoms with van der Waals surface area (Å²) in [5.74, 6) is 0.297. The first kappa shape index (κ1) is 16.7. The molecular formula is C17H29N3. The van der Waals surface area contributed by atoms with Gasteiger partial charge in [-0.25, -0.2) is 0 Å². The summed E-state index contributed by atoms with van der Waals surface area (Å²) in [5, 5.41) is 7.55. The average Bonchev–Trinajstić information content (AvgIpc) is 2.37. The van der Waals surface area contributed by atoms with Gasteiger partial charge in [0, 0.05) is 12.0 Å². The van der Waals surface area contributed by atoms with Gasteiger partial charge in [0.25, 0.3) is 0 Å². The minimum Gasteiger partial charge on any atom is -0.387 e. The van der Waals surface area contributed by atoms with E-state index in [4.69, 9.17) is 11.1 Å². The van der Waals surface area contributed by atoms with Crippen molar-refractivity contribution in [2.75, 3.05) is 13.6 Å². The quantitative estimate of drug-likeness (QED) is 0.433. The van der Waals surface area contributed by atoms with E-state index < -0.39 is 0 Å². The van der Waals surface area contributed by atoms with Gasteiger partial charge in [0.2, 0.25) is 0 Å². The van der Waals surface area contributed by atoms with Crippen molar-refractivity contribution in [2.45, 2.75) is 46.6 Å². The first-order valence-corrected chi connectivity index (χ1v) is 7.40. The monoisotopic (exact) mass is 275 g/mol. The Bertz CT molecular complexity index is 420. The van der Waals surface area contributed by atoms with Crippen LogP contribution in [0.4, 0.5) is 0 Å². The minimum absolute atomic E-state index is 0.157. The molecule has 0 fully saturated rings. The molecule has 0 aromatic heterocycles. The van der Waals surface area contributed by atoms with Crippen LogP contribution in [0.15, 0.2) is 24.3 Å². The van der Waals surface area contributed by atoms with Crippen molar-refractivity contribution in [3.05, 3.63) is 35.4 Å². The Kier molecular flexibility index (Phi) is 6.21. The fraction of sp³-hybridized carbons (Fsp3) is 0.588. The molecule has 0 aliphatic carbocycles. The van der Waals surface area contributed by atoms with Crippen molar-refractivity contribution in [3.63, 3.8) is 0 Å². The molecule has 0 heterocycles. The van der Waals surface area contributed by atoms with E-state index in [2.05, 4.69) is 43.1 Å². The van der Waals surface area contributed by atoms with Gasteiger partial charge in [0.15, 0.2) is 0 Å². The third kappa shape index (κ3) is 5.74. The zero-order valence-electron chi connectivity index (χ0n) is 13.4. The summed E-state index contributed by atoms with van der Waals surface area (Å²) in [7, 11) is 2.16. The summed E-state index contributed by atoms with van der Waals surface area (Å²) >= 11 is 0. The SMILES string of the molecule is Cc1ccc(CN(C)CCCCC(C)(C)C(=N)N)cc1. The topological polar surface area (TPSA) is 53.1 Å². The van der Waals surface area contributed by atoms with Gasteiger partial charge in [-0.15, -0.1) is 0 Å². The second-order valence-corrected chi connectivity index (χ2v) is 6.48. The van der Waals surface area contributed by atoms with Crippen molar-refractivity contribution in [1.82, 2.24) is 4.90 Å². The summed E-state index contributed by atoms with van der Waals surface area (Å²) < 4.78 is 0. The fourth-order valence-electron chi connectivity index (χ4n) is 2.17. The first-order chi connectivity index (χ1) is 9.31. The van der Waals surface area contributed by atoms with Crippen LogP contribution in [0.5, 0.6) is 0 Å². The van der Waals surface area contributed by atoms with Gasteiger partial charge in [-0.3, -0.25) is 5.41 Å². The molecule has 1 aromatic rings. The maximum absolute atomic E-state index is 7.55. The number of unbranched alkanes of at least 4 members (excludes halogenated alkanes) is 1. The molecule has 3 heteroatoms. The molecule has 1 aromatic carbocycles. The number of rotatable bonds is 8. The molecule has 0 atom stereocenters. The van der Waals surface area contributed by atoms with Crippen LogP contribution in [0.3, 0.4) is 0 Å². The Morgan fingerprint density at radius 2 is 1.80 bits per heavy atom. The molecule has 3 nitrogen and oxygen atoms in total. The molecule has 0 saturated carbocycles. The number of nitrogens with one attached hydrogen (secondary N) is 1. The molecule has 1 rings (SSSR count). The summed E-state index contributed by atoms with van der Waals surface area (Å²) in [6.07, 6.45) is 3.25. The van der Waals surface area contributed by atoms with Crippen LogP contribution in [-0.2, 0) is 6.54 Å². The van der Waals surface area contributed by atoms with Crippen molar-refractivity contribution in [2.24, 2.45) is 11.1 Å². The van der Waals surface area contributed by atoms with Gasteiger partial charge in [-0.2, -0.15) is 0 Å². The van der Waals surface area contributed by atoms with Crippen molar-refractivity contribution in [1.29, 1.82) is 5.41 Å². The Morgan fingerprint density at radius 3 is 2.35 bits per heavy atom. The molecule has 3 N–H and O–H groups in total. The van der Waals surface area contributed by atoms with Gasteiger partial charge in [-0.05, 0) is 38.9 Å². The Labute approximate surface area is 123 Å². The molecule has 0 saturated heterocycles. The van der Waals surface area contributed by atoms with E-state index in [9.17, 15) is 0 Å². The van der Waals surface area contributed by atoms with E-state index in [1.165, 1.54) is 11.1 Å². The van der Waals surface area contributed by atoms with Crippen LogP contribution in [0, 0.1) is 17.7 Å². The molecular weight excluding hydrogens is 246 g/mol. The maximum Gasteiger partial charge on any atom is 0.0963 e. The molecule has 0 radical (unpaired) electrons. The molecule has 20 heavy (non-hydrogen) atoms. The standard InChI is InChI=1S/C17H29N3/c1-14-7-9-15(10-8-14)13-20(4)12-6-5-11-17(2,3)16(18)19/h7-10H,5-6,11-13H2,1-4H3,(H3,18,19). The van der Waals surface area contributed by atoms with Crippen molar-refractivity contribution >= 4 is 5.84 Å². The molecule has 0 unspecified atom stereocenters. The van der Waals surface area contributed by atoms with Crippen LogP contribution >= 0.6 is 0 Å². The summed E-state index contributed by atoms with van der Waals surface area (Å²) in [6, 6.07) is 8.73. The molecule has 112 valence electrons. The largest absolute Gasteiger partial charge is 0.387 e. The number of aryl methyl sites for hydroxylation is 1. The molecule has 0 spiro atoms. The second kappa shape index (κ2) is 7.44. The van der Waals surface area contributed by atoms with E-state index >= 15 is 0 Å². The van der Waals surface area contributed by atoms with Gasteiger partial charge < -0.3 is 10.6 Å². The van der Waals surface area contributed by atoms with E-state index in [0.29, 0.717) is 5.84 Å². The highest BCUT2D eigenvalue weighted by Crippen LogP contribution is 2.22. The lowest BCUT2D eigenvalue weighted by molar-refractivity contribution is 0.308. The van der Waals surface area contributed by atoms with E-state index in [0.717, 1.165) is 32.4 Å². The summed E-state index contributed by atoms with van der Waals surface area (Å²) in [4.78, 5) is 2.35.